The number of phenols is 1. The van der Waals surface area contributed by atoms with E-state index in [1.165, 1.54) is 27.2 Å². The lowest BCUT2D eigenvalue weighted by Gasteiger charge is -2.11. The fourth-order valence-corrected chi connectivity index (χ4v) is 4.01. The summed E-state index contributed by atoms with van der Waals surface area (Å²) >= 11 is 0. The van der Waals surface area contributed by atoms with Crippen LogP contribution in [0.2, 0.25) is 0 Å². The fraction of sp³-hybridized carbons (Fsp3) is 0.360. The second-order valence-electron chi connectivity index (χ2n) is 7.53. The molecule has 0 spiro atoms. The largest absolute Gasteiger partial charge is 0.506 e. The summed E-state index contributed by atoms with van der Waals surface area (Å²) in [6, 6.07) is 9.66. The molecule has 0 saturated heterocycles. The van der Waals surface area contributed by atoms with Gasteiger partial charge in [0.15, 0.2) is 11.5 Å². The zero-order valence-corrected chi connectivity index (χ0v) is 17.8. The van der Waals surface area contributed by atoms with Crippen molar-refractivity contribution in [2.24, 2.45) is 0 Å². The van der Waals surface area contributed by atoms with Gasteiger partial charge in [-0.3, -0.25) is 0 Å². The number of rotatable bonds is 7. The Kier molecular flexibility index (Phi) is 6.53. The van der Waals surface area contributed by atoms with Gasteiger partial charge in [-0.15, -0.1) is 0 Å². The number of nitrogen functional groups attached to an aromatic ring is 1. The Morgan fingerprint density at radius 1 is 1.00 bits per heavy atom. The van der Waals surface area contributed by atoms with Crippen molar-refractivity contribution < 1.29 is 14.6 Å². The van der Waals surface area contributed by atoms with E-state index >= 15 is 0 Å². The average molecular weight is 394 g/mol. The zero-order chi connectivity index (χ0) is 21.0. The van der Waals surface area contributed by atoms with Crippen LogP contribution in [-0.4, -0.2) is 19.3 Å². The molecule has 3 rings (SSSR count). The molecule has 2 aromatic rings. The van der Waals surface area contributed by atoms with Crippen molar-refractivity contribution in [2.45, 2.75) is 46.0 Å². The van der Waals surface area contributed by atoms with E-state index in [9.17, 15) is 5.11 Å². The Morgan fingerprint density at radius 2 is 1.69 bits per heavy atom. The number of fused-ring (bicyclic) bond motifs is 1. The molecule has 154 valence electrons. The molecule has 0 atom stereocenters. The van der Waals surface area contributed by atoms with E-state index in [1.807, 2.05) is 12.1 Å². The number of nitrogens with two attached hydrogens (primary N) is 1. The van der Waals surface area contributed by atoms with Crippen LogP contribution < -0.4 is 25.6 Å². The summed E-state index contributed by atoms with van der Waals surface area (Å²) < 4.78 is 11.2. The molecule has 2 aromatic carbocycles. The topological polar surface area (TPSA) is 64.7 Å². The maximum absolute atomic E-state index is 9.77. The van der Waals surface area contributed by atoms with Gasteiger partial charge < -0.3 is 20.3 Å². The van der Waals surface area contributed by atoms with Gasteiger partial charge in [-0.2, -0.15) is 0 Å². The summed E-state index contributed by atoms with van der Waals surface area (Å²) in [5.74, 6) is 1.61. The summed E-state index contributed by atoms with van der Waals surface area (Å²) in [6.45, 7) is 4.43. The fourth-order valence-electron chi connectivity index (χ4n) is 4.01. The van der Waals surface area contributed by atoms with E-state index in [1.54, 1.807) is 20.3 Å². The van der Waals surface area contributed by atoms with Crippen LogP contribution in [0.3, 0.4) is 0 Å². The molecular weight excluding hydrogens is 362 g/mol. The van der Waals surface area contributed by atoms with Crippen LogP contribution >= 0.6 is 0 Å². The smallest absolute Gasteiger partial charge is 0.161 e. The second-order valence-corrected chi connectivity index (χ2v) is 7.53. The summed E-state index contributed by atoms with van der Waals surface area (Å²) in [5, 5.41) is 12.2. The molecule has 4 heteroatoms. The number of benzene rings is 2. The average Bonchev–Trinajstić information content (AvgIpc) is 2.86. The van der Waals surface area contributed by atoms with Gasteiger partial charge in [0.2, 0.25) is 0 Å². The van der Waals surface area contributed by atoms with Crippen LogP contribution in [0.15, 0.2) is 42.0 Å². The van der Waals surface area contributed by atoms with E-state index in [4.69, 9.17) is 15.2 Å². The minimum atomic E-state index is 0.120. The first kappa shape index (κ1) is 20.8. The maximum Gasteiger partial charge on any atom is 0.161 e. The van der Waals surface area contributed by atoms with Gasteiger partial charge in [-0.1, -0.05) is 43.6 Å². The summed E-state index contributed by atoms with van der Waals surface area (Å²) in [7, 11) is 3.35. The molecule has 29 heavy (non-hydrogen) atoms. The third kappa shape index (κ3) is 4.42. The predicted molar refractivity (Wildman–Crippen MR) is 120 cm³/mol. The van der Waals surface area contributed by atoms with Crippen molar-refractivity contribution in [3.8, 4) is 17.2 Å². The number of aromatic hydroxyl groups is 1. The molecule has 1 aliphatic rings. The molecule has 0 aliphatic heterocycles. The van der Waals surface area contributed by atoms with Crippen LogP contribution in [0, 0.1) is 0 Å². The molecule has 0 amide bonds. The number of hydrogen-bond acceptors (Lipinski definition) is 4. The molecule has 0 bridgehead atoms. The van der Waals surface area contributed by atoms with Gasteiger partial charge >= 0.3 is 0 Å². The first-order valence-electron chi connectivity index (χ1n) is 10.2. The van der Waals surface area contributed by atoms with Crippen LogP contribution in [0.5, 0.6) is 17.2 Å². The number of allylic oxidation sites excluding steroid dienone is 2. The summed E-state index contributed by atoms with van der Waals surface area (Å²) in [6.07, 6.45) is 7.21. The highest BCUT2D eigenvalue weighted by molar-refractivity contribution is 5.69. The van der Waals surface area contributed by atoms with Crippen molar-refractivity contribution in [2.75, 3.05) is 20.0 Å². The quantitative estimate of drug-likeness (QED) is 0.550. The lowest BCUT2D eigenvalue weighted by molar-refractivity contribution is 0.354. The molecule has 0 radical (unpaired) electrons. The van der Waals surface area contributed by atoms with E-state index in [0.29, 0.717) is 5.69 Å². The molecule has 0 fully saturated rings. The van der Waals surface area contributed by atoms with Gasteiger partial charge in [0, 0.05) is 0 Å². The Morgan fingerprint density at radius 3 is 2.28 bits per heavy atom. The van der Waals surface area contributed by atoms with Crippen LogP contribution in [0.1, 0.15) is 45.1 Å². The van der Waals surface area contributed by atoms with Gasteiger partial charge in [0.25, 0.3) is 0 Å². The normalized spacial score (nSPS) is 13.6. The highest BCUT2D eigenvalue weighted by Crippen LogP contribution is 2.28. The Bertz CT molecular complexity index is 1050. The van der Waals surface area contributed by atoms with E-state index in [2.05, 4.69) is 32.1 Å². The summed E-state index contributed by atoms with van der Waals surface area (Å²) in [5.41, 5.74) is 11.5. The number of hydrogen-bond donors (Lipinski definition) is 2. The lowest BCUT2D eigenvalue weighted by atomic mass is 9.98. The van der Waals surface area contributed by atoms with Crippen LogP contribution in [-0.2, 0) is 6.42 Å². The van der Waals surface area contributed by atoms with Crippen LogP contribution in [0.4, 0.5) is 5.69 Å². The molecule has 0 unspecified atom stereocenters. The summed E-state index contributed by atoms with van der Waals surface area (Å²) in [4.78, 5) is 0. The Hall–Kier alpha value is -2.88. The molecule has 0 saturated carbocycles. The molecule has 4 nitrogen and oxygen atoms in total. The standard InChI is InChI=1S/C25H31NO3/c1-5-7-18-10-16(6-2)11-19(12-17-8-9-23(27)22(26)13-17)21-15-25(29-4)24(28-3)14-20(18)21/h8-9,11,13-15,27H,5-7,10,12,26H2,1-4H3. The molecule has 1 aliphatic carbocycles. The third-order valence-electron chi connectivity index (χ3n) is 5.56. The van der Waals surface area contributed by atoms with E-state index in [-0.39, 0.29) is 5.75 Å². The van der Waals surface area contributed by atoms with Gasteiger partial charge in [0.1, 0.15) is 5.75 Å². The maximum atomic E-state index is 9.77. The van der Waals surface area contributed by atoms with Gasteiger partial charge in [-0.25, -0.2) is 0 Å². The number of ether oxygens (including phenoxy) is 2. The van der Waals surface area contributed by atoms with Gasteiger partial charge in [0.05, 0.1) is 19.9 Å². The van der Waals surface area contributed by atoms with Gasteiger partial charge in [-0.05, 0) is 71.5 Å². The van der Waals surface area contributed by atoms with E-state index in [0.717, 1.165) is 49.2 Å². The monoisotopic (exact) mass is 393 g/mol. The van der Waals surface area contributed by atoms with Crippen molar-refractivity contribution >= 4 is 16.8 Å². The first-order valence-corrected chi connectivity index (χ1v) is 10.2. The minimum Gasteiger partial charge on any atom is -0.506 e. The molecule has 0 aromatic heterocycles. The predicted octanol–water partition coefficient (Wildman–Crippen LogP) is 4.08. The zero-order valence-electron chi connectivity index (χ0n) is 17.8. The lowest BCUT2D eigenvalue weighted by Crippen LogP contribution is -2.29. The SMILES string of the molecule is CCCC1=c2cc(OC)c(OC)cc2=C(Cc2ccc(O)c(N)c2)C=C(CC)C1. The van der Waals surface area contributed by atoms with Crippen molar-refractivity contribution in [3.05, 3.63) is 58.0 Å². The third-order valence-corrected chi connectivity index (χ3v) is 5.56. The first-order chi connectivity index (χ1) is 14.0. The molecule has 0 heterocycles. The number of methoxy groups -OCH3 is 2. The molecular formula is C25H31NO3. The van der Waals surface area contributed by atoms with Crippen molar-refractivity contribution in [3.63, 3.8) is 0 Å². The highest BCUT2D eigenvalue weighted by Gasteiger charge is 2.14. The highest BCUT2D eigenvalue weighted by atomic mass is 16.5. The van der Waals surface area contributed by atoms with E-state index < -0.39 is 0 Å². The second kappa shape index (κ2) is 9.08. The molecule has 3 N–H and O–H groups in total. The Balaban J connectivity index is 2.31. The number of anilines is 1. The number of phenolic OH excluding ortho intramolecular Hbond substituents is 1. The van der Waals surface area contributed by atoms with Crippen molar-refractivity contribution in [1.82, 2.24) is 0 Å². The Labute approximate surface area is 173 Å². The van der Waals surface area contributed by atoms with Crippen molar-refractivity contribution in [1.29, 1.82) is 0 Å². The van der Waals surface area contributed by atoms with Crippen LogP contribution in [0.25, 0.3) is 11.1 Å². The minimum absolute atomic E-state index is 0.120.